The predicted molar refractivity (Wildman–Crippen MR) is 194 cm³/mol. The maximum atomic E-state index is 12.8. The number of ether oxygens (including phenoxy) is 3. The number of nitrogens with one attached hydrogen (secondary N) is 2. The first-order valence-corrected chi connectivity index (χ1v) is 16.8. The molecule has 6 rings (SSSR count). The van der Waals surface area contributed by atoms with Gasteiger partial charge in [0.1, 0.15) is 11.5 Å². The maximum absolute atomic E-state index is 12.8. The Labute approximate surface area is 293 Å². The number of anilines is 2. The van der Waals surface area contributed by atoms with Gasteiger partial charge in [0, 0.05) is 35.9 Å². The zero-order valence-corrected chi connectivity index (χ0v) is 28.2. The summed E-state index contributed by atoms with van der Waals surface area (Å²) in [5.74, 6) is 1.41. The minimum atomic E-state index is -0.654. The fraction of sp³-hybridized carbons (Fsp3) is 0.244. The number of carbonyl (C=O) groups is 1. The summed E-state index contributed by atoms with van der Waals surface area (Å²) >= 11 is 0. The van der Waals surface area contributed by atoms with Crippen LogP contribution in [0, 0.1) is 0 Å². The molecule has 1 aliphatic heterocycles. The third-order valence-corrected chi connectivity index (χ3v) is 8.93. The fourth-order valence-electron chi connectivity index (χ4n) is 5.94. The van der Waals surface area contributed by atoms with E-state index in [9.17, 15) is 15.0 Å². The van der Waals surface area contributed by atoms with Crippen LogP contribution in [-0.2, 0) is 16.1 Å². The van der Waals surface area contributed by atoms with Gasteiger partial charge in [-0.25, -0.2) is 4.79 Å². The molecule has 0 aromatic heterocycles. The van der Waals surface area contributed by atoms with E-state index in [1.165, 1.54) is 0 Å². The first-order valence-electron chi connectivity index (χ1n) is 16.8. The highest BCUT2D eigenvalue weighted by Crippen LogP contribution is 2.39. The van der Waals surface area contributed by atoms with Crippen LogP contribution >= 0.6 is 0 Å². The first-order chi connectivity index (χ1) is 24.3. The van der Waals surface area contributed by atoms with E-state index in [4.69, 9.17) is 14.2 Å². The molecule has 0 aliphatic carbocycles. The summed E-state index contributed by atoms with van der Waals surface area (Å²) < 4.78 is 18.9. The van der Waals surface area contributed by atoms with Gasteiger partial charge in [0.05, 0.1) is 24.9 Å². The van der Waals surface area contributed by atoms with Crippen LogP contribution in [0.25, 0.3) is 0 Å². The van der Waals surface area contributed by atoms with Crippen molar-refractivity contribution in [2.24, 2.45) is 0 Å². The Morgan fingerprint density at radius 1 is 0.780 bits per heavy atom. The average molecular weight is 674 g/mol. The van der Waals surface area contributed by atoms with E-state index in [2.05, 4.69) is 15.5 Å². The molecule has 0 radical (unpaired) electrons. The molecule has 0 unspecified atom stereocenters. The Kier molecular flexibility index (Phi) is 11.5. The van der Waals surface area contributed by atoms with E-state index in [0.29, 0.717) is 30.1 Å². The highest BCUT2D eigenvalue weighted by atomic mass is 16.7. The lowest BCUT2D eigenvalue weighted by molar-refractivity contribution is -0.253. The van der Waals surface area contributed by atoms with Crippen LogP contribution < -0.4 is 15.4 Å². The van der Waals surface area contributed by atoms with E-state index in [0.717, 1.165) is 28.0 Å². The fourth-order valence-corrected chi connectivity index (χ4v) is 5.94. The van der Waals surface area contributed by atoms with Crippen LogP contribution in [0.1, 0.15) is 54.1 Å². The Bertz CT molecular complexity index is 1790. The zero-order valence-electron chi connectivity index (χ0n) is 28.2. The van der Waals surface area contributed by atoms with Crippen molar-refractivity contribution < 1.29 is 29.2 Å². The number of aliphatic hydroxyl groups is 2. The molecule has 258 valence electrons. The molecule has 1 heterocycles. The number of aliphatic hydroxyl groups excluding tert-OH is 2. The largest absolute Gasteiger partial charge is 0.457 e. The average Bonchev–Trinajstić information content (AvgIpc) is 3.16. The minimum Gasteiger partial charge on any atom is -0.457 e. The van der Waals surface area contributed by atoms with Crippen molar-refractivity contribution in [3.05, 3.63) is 156 Å². The molecule has 1 saturated heterocycles. The number of hydrogen-bond donors (Lipinski definition) is 4. The molecule has 5 aromatic carbocycles. The van der Waals surface area contributed by atoms with Crippen LogP contribution in [0.3, 0.4) is 0 Å². The third-order valence-electron chi connectivity index (χ3n) is 8.93. The lowest BCUT2D eigenvalue weighted by Crippen LogP contribution is -2.43. The van der Waals surface area contributed by atoms with E-state index in [-0.39, 0.29) is 30.9 Å². The summed E-state index contributed by atoms with van der Waals surface area (Å²) in [5, 5.41) is 26.3. The molecule has 5 atom stereocenters. The van der Waals surface area contributed by atoms with Gasteiger partial charge in [0.15, 0.2) is 6.29 Å². The number of carbonyl (C=O) groups excluding carboxylic acids is 1. The second-order valence-corrected chi connectivity index (χ2v) is 12.5. The summed E-state index contributed by atoms with van der Waals surface area (Å²) in [4.78, 5) is 14.9. The lowest BCUT2D eigenvalue weighted by atomic mass is 9.98. The molecule has 0 spiro atoms. The number of para-hydroxylation sites is 1. The molecule has 9 nitrogen and oxygen atoms in total. The van der Waals surface area contributed by atoms with Gasteiger partial charge in [-0.1, -0.05) is 84.9 Å². The summed E-state index contributed by atoms with van der Waals surface area (Å²) in [6.45, 7) is 2.56. The Balaban J connectivity index is 1.10. The highest BCUT2D eigenvalue weighted by Gasteiger charge is 2.34. The number of benzene rings is 5. The highest BCUT2D eigenvalue weighted by molar-refractivity contribution is 5.99. The second kappa shape index (κ2) is 16.6. The van der Waals surface area contributed by atoms with Gasteiger partial charge in [0.2, 0.25) is 0 Å². The van der Waals surface area contributed by atoms with Gasteiger partial charge in [-0.3, -0.25) is 4.90 Å². The summed E-state index contributed by atoms with van der Waals surface area (Å²) in [7, 11) is 1.99. The molecule has 5 aromatic rings. The van der Waals surface area contributed by atoms with Crippen LogP contribution in [0.2, 0.25) is 0 Å². The van der Waals surface area contributed by atoms with E-state index < -0.39 is 12.4 Å². The second-order valence-electron chi connectivity index (χ2n) is 12.5. The Morgan fingerprint density at radius 2 is 1.34 bits per heavy atom. The summed E-state index contributed by atoms with van der Waals surface area (Å²) in [6, 6.07) is 41.0. The molecule has 4 N–H and O–H groups in total. The quantitative estimate of drug-likeness (QED) is 0.106. The zero-order chi connectivity index (χ0) is 34.9. The molecule has 0 saturated carbocycles. The number of hydrogen-bond acceptors (Lipinski definition) is 7. The molecular weight excluding hydrogens is 630 g/mol. The van der Waals surface area contributed by atoms with Crippen molar-refractivity contribution in [3.8, 4) is 11.5 Å². The number of likely N-dealkylation sites (N-methyl/N-ethyl adjacent to an activating group) is 1. The molecular formula is C41H43N3O6. The van der Waals surface area contributed by atoms with E-state index in [1.54, 1.807) is 24.3 Å². The normalized spacial score (nSPS) is 18.6. The van der Waals surface area contributed by atoms with Crippen LogP contribution in [-0.4, -0.2) is 46.9 Å². The molecule has 1 aliphatic rings. The van der Waals surface area contributed by atoms with Gasteiger partial charge >= 0.3 is 6.03 Å². The molecule has 9 heteroatoms. The minimum absolute atomic E-state index is 0.0268. The van der Waals surface area contributed by atoms with Crippen molar-refractivity contribution in [1.29, 1.82) is 0 Å². The number of urea groups is 1. The van der Waals surface area contributed by atoms with Gasteiger partial charge in [-0.05, 0) is 79.2 Å². The van der Waals surface area contributed by atoms with E-state index >= 15 is 0 Å². The van der Waals surface area contributed by atoms with Gasteiger partial charge < -0.3 is 35.1 Å². The standard InChI is InChI=1S/C41H43N3O6/c1-28(39(46)31-9-5-3-6-10-31)44(2)26-37-25-38(30-15-13-29(27-45)14-16-30)50-40(49-37)32-17-19-33(20-18-32)42-41(47)43-34-21-23-36(24-22-34)48-35-11-7-4-8-12-35/h3-24,28,37-40,45-46H,25-27H2,1-2H3,(H2,42,43,47)/t28-,37+,38-,39-,40-/m1/s1. The van der Waals surface area contributed by atoms with Gasteiger partial charge in [-0.2, -0.15) is 0 Å². The number of nitrogens with zero attached hydrogens (tertiary/aromatic N) is 1. The first kappa shape index (κ1) is 34.8. The molecule has 1 fully saturated rings. The SMILES string of the molecule is C[C@H]([C@@H](O)c1ccccc1)N(C)C[C@@H]1C[C@H](c2ccc(CO)cc2)O[C@H](c2ccc(NC(=O)Nc3ccc(Oc4ccccc4)cc3)cc2)O1. The number of amides is 2. The van der Waals surface area contributed by atoms with Gasteiger partial charge in [-0.15, -0.1) is 0 Å². The summed E-state index contributed by atoms with van der Waals surface area (Å²) in [6.07, 6.45) is -1.13. The van der Waals surface area contributed by atoms with Crippen molar-refractivity contribution in [2.45, 2.75) is 50.6 Å². The van der Waals surface area contributed by atoms with Gasteiger partial charge in [0.25, 0.3) is 0 Å². The molecule has 0 bridgehead atoms. The van der Waals surface area contributed by atoms with E-state index in [1.807, 2.05) is 123 Å². The Hall–Kier alpha value is -5.03. The van der Waals surface area contributed by atoms with Crippen molar-refractivity contribution >= 4 is 17.4 Å². The summed E-state index contributed by atoms with van der Waals surface area (Å²) in [5.41, 5.74) is 4.75. The predicted octanol–water partition coefficient (Wildman–Crippen LogP) is 8.21. The lowest BCUT2D eigenvalue weighted by Gasteiger charge is -2.39. The van der Waals surface area contributed by atoms with Crippen molar-refractivity contribution in [1.82, 2.24) is 4.90 Å². The van der Waals surface area contributed by atoms with Crippen LogP contribution in [0.4, 0.5) is 16.2 Å². The van der Waals surface area contributed by atoms with Crippen LogP contribution in [0.5, 0.6) is 11.5 Å². The van der Waals surface area contributed by atoms with Crippen molar-refractivity contribution in [3.63, 3.8) is 0 Å². The maximum Gasteiger partial charge on any atom is 0.323 e. The molecule has 2 amide bonds. The van der Waals surface area contributed by atoms with Crippen LogP contribution in [0.15, 0.2) is 133 Å². The molecule has 50 heavy (non-hydrogen) atoms. The third kappa shape index (κ3) is 9.15. The monoisotopic (exact) mass is 673 g/mol. The van der Waals surface area contributed by atoms with Crippen molar-refractivity contribution in [2.75, 3.05) is 24.2 Å². The Morgan fingerprint density at radius 3 is 1.96 bits per heavy atom. The smallest absolute Gasteiger partial charge is 0.323 e. The number of rotatable bonds is 12. The topological polar surface area (TPSA) is 113 Å².